The van der Waals surface area contributed by atoms with Crippen molar-refractivity contribution in [2.75, 3.05) is 11.9 Å². The second-order valence-electron chi connectivity index (χ2n) is 4.32. The lowest BCUT2D eigenvalue weighted by atomic mass is 10.1. The van der Waals surface area contributed by atoms with Crippen LogP contribution < -0.4 is 10.6 Å². The molecule has 4 heteroatoms. The van der Waals surface area contributed by atoms with Gasteiger partial charge in [0.05, 0.1) is 23.2 Å². The number of halogens is 1. The molecule has 0 saturated carbocycles. The summed E-state index contributed by atoms with van der Waals surface area (Å²) in [6, 6.07) is 8.09. The van der Waals surface area contributed by atoms with Gasteiger partial charge in [0, 0.05) is 19.1 Å². The van der Waals surface area contributed by atoms with E-state index in [-0.39, 0.29) is 12.1 Å². The highest BCUT2D eigenvalue weighted by atomic mass is 35.5. The van der Waals surface area contributed by atoms with Crippen LogP contribution in [0.4, 0.5) is 5.69 Å². The summed E-state index contributed by atoms with van der Waals surface area (Å²) in [5.74, 6) is 0. The molecule has 1 aromatic carbocycles. The number of benzene rings is 1. The van der Waals surface area contributed by atoms with Gasteiger partial charge in [-0.25, -0.2) is 0 Å². The lowest BCUT2D eigenvalue weighted by Gasteiger charge is -2.26. The highest BCUT2D eigenvalue weighted by Gasteiger charge is 2.13. The molecule has 0 amide bonds. The van der Waals surface area contributed by atoms with Crippen LogP contribution in [0.5, 0.6) is 0 Å². The van der Waals surface area contributed by atoms with E-state index in [1.807, 2.05) is 44.0 Å². The van der Waals surface area contributed by atoms with Crippen molar-refractivity contribution in [3.8, 4) is 6.07 Å². The van der Waals surface area contributed by atoms with E-state index in [1.54, 1.807) is 0 Å². The maximum atomic E-state index is 8.69. The van der Waals surface area contributed by atoms with E-state index in [9.17, 15) is 0 Å². The van der Waals surface area contributed by atoms with Gasteiger partial charge in [-0.05, 0) is 31.5 Å². The van der Waals surface area contributed by atoms with E-state index in [4.69, 9.17) is 22.6 Å². The van der Waals surface area contributed by atoms with Crippen LogP contribution in [0.15, 0.2) is 18.2 Å². The lowest BCUT2D eigenvalue weighted by molar-refractivity contribution is 0.702. The van der Waals surface area contributed by atoms with Gasteiger partial charge in [0.1, 0.15) is 0 Å². The first-order valence-corrected chi connectivity index (χ1v) is 6.00. The van der Waals surface area contributed by atoms with Crippen LogP contribution in [-0.2, 0) is 0 Å². The molecule has 17 heavy (non-hydrogen) atoms. The maximum absolute atomic E-state index is 8.69. The molecule has 0 fully saturated rings. The average Bonchev–Trinajstić information content (AvgIpc) is 2.28. The SMILES string of the molecule is CC(CC#N)N(C)c1ccc([C@H](C)N)cc1Cl. The van der Waals surface area contributed by atoms with Gasteiger partial charge in [-0.3, -0.25) is 0 Å². The monoisotopic (exact) mass is 251 g/mol. The van der Waals surface area contributed by atoms with Gasteiger partial charge in [0.2, 0.25) is 0 Å². The van der Waals surface area contributed by atoms with Gasteiger partial charge in [0.15, 0.2) is 0 Å². The number of hydrogen-bond acceptors (Lipinski definition) is 3. The van der Waals surface area contributed by atoms with Crippen molar-refractivity contribution < 1.29 is 0 Å². The van der Waals surface area contributed by atoms with Crippen molar-refractivity contribution in [2.24, 2.45) is 5.73 Å². The van der Waals surface area contributed by atoms with Gasteiger partial charge in [-0.15, -0.1) is 0 Å². The molecule has 92 valence electrons. The minimum atomic E-state index is -0.0246. The number of hydrogen-bond donors (Lipinski definition) is 1. The Morgan fingerprint density at radius 3 is 2.59 bits per heavy atom. The lowest BCUT2D eigenvalue weighted by Crippen LogP contribution is -2.28. The molecule has 2 atom stereocenters. The third kappa shape index (κ3) is 3.36. The van der Waals surface area contributed by atoms with Crippen LogP contribution in [0.3, 0.4) is 0 Å². The number of nitrogens with two attached hydrogens (primary N) is 1. The van der Waals surface area contributed by atoms with E-state index in [1.165, 1.54) is 0 Å². The van der Waals surface area contributed by atoms with E-state index in [0.717, 1.165) is 11.3 Å². The summed E-state index contributed by atoms with van der Waals surface area (Å²) in [5, 5.41) is 9.37. The Morgan fingerprint density at radius 1 is 1.47 bits per heavy atom. The number of rotatable bonds is 4. The van der Waals surface area contributed by atoms with E-state index in [0.29, 0.717) is 11.4 Å². The second kappa shape index (κ2) is 5.90. The zero-order valence-electron chi connectivity index (χ0n) is 10.4. The van der Waals surface area contributed by atoms with Crippen LogP contribution >= 0.6 is 11.6 Å². The van der Waals surface area contributed by atoms with Gasteiger partial charge >= 0.3 is 0 Å². The molecule has 0 aromatic heterocycles. The smallest absolute Gasteiger partial charge is 0.0643 e. The van der Waals surface area contributed by atoms with Crippen molar-refractivity contribution >= 4 is 17.3 Å². The summed E-state index contributed by atoms with van der Waals surface area (Å²) in [4.78, 5) is 2.01. The largest absolute Gasteiger partial charge is 0.370 e. The summed E-state index contributed by atoms with van der Waals surface area (Å²) in [6.45, 7) is 3.92. The standard InChI is InChI=1S/C13H18ClN3/c1-9(6-7-15)17(3)13-5-4-11(10(2)16)8-12(13)14/h4-5,8-10H,6,16H2,1-3H3/t9?,10-/m0/s1. The number of anilines is 1. The molecule has 0 spiro atoms. The van der Waals surface area contributed by atoms with Gasteiger partial charge < -0.3 is 10.6 Å². The first-order valence-electron chi connectivity index (χ1n) is 5.62. The van der Waals surface area contributed by atoms with Crippen LogP contribution in [0, 0.1) is 11.3 Å². The van der Waals surface area contributed by atoms with Crippen molar-refractivity contribution in [3.05, 3.63) is 28.8 Å². The molecule has 0 heterocycles. The number of nitriles is 1. The molecule has 0 aliphatic carbocycles. The first kappa shape index (κ1) is 13.8. The average molecular weight is 252 g/mol. The molecular weight excluding hydrogens is 234 g/mol. The van der Waals surface area contributed by atoms with Gasteiger partial charge in [0.25, 0.3) is 0 Å². The third-order valence-electron chi connectivity index (χ3n) is 2.93. The van der Waals surface area contributed by atoms with Crippen molar-refractivity contribution in [1.82, 2.24) is 0 Å². The fraction of sp³-hybridized carbons (Fsp3) is 0.462. The highest BCUT2D eigenvalue weighted by molar-refractivity contribution is 6.33. The van der Waals surface area contributed by atoms with E-state index in [2.05, 4.69) is 6.07 Å². The molecule has 0 aliphatic rings. The van der Waals surface area contributed by atoms with Crippen molar-refractivity contribution in [2.45, 2.75) is 32.4 Å². The first-order chi connectivity index (χ1) is 7.97. The molecule has 1 rings (SSSR count). The minimum absolute atomic E-state index is 0.0246. The Bertz CT molecular complexity index is 423. The molecule has 3 nitrogen and oxygen atoms in total. The van der Waals surface area contributed by atoms with Crippen molar-refractivity contribution in [3.63, 3.8) is 0 Å². The Labute approximate surface area is 108 Å². The van der Waals surface area contributed by atoms with Crippen LogP contribution in [0.1, 0.15) is 31.9 Å². The summed E-state index contributed by atoms with van der Waals surface area (Å²) in [5.41, 5.74) is 7.74. The summed E-state index contributed by atoms with van der Waals surface area (Å²) in [6.07, 6.45) is 0.474. The normalized spacial score (nSPS) is 13.9. The van der Waals surface area contributed by atoms with Crippen molar-refractivity contribution in [1.29, 1.82) is 5.26 Å². The number of nitrogens with zero attached hydrogens (tertiary/aromatic N) is 2. The zero-order chi connectivity index (χ0) is 13.0. The predicted octanol–water partition coefficient (Wildman–Crippen LogP) is 3.10. The quantitative estimate of drug-likeness (QED) is 0.895. The summed E-state index contributed by atoms with van der Waals surface area (Å²) < 4.78 is 0. The molecular formula is C13H18ClN3. The molecule has 0 bridgehead atoms. The van der Waals surface area contributed by atoms with E-state index < -0.39 is 0 Å². The highest BCUT2D eigenvalue weighted by Crippen LogP contribution is 2.29. The Balaban J connectivity index is 2.96. The fourth-order valence-corrected chi connectivity index (χ4v) is 1.92. The molecule has 0 radical (unpaired) electrons. The predicted molar refractivity (Wildman–Crippen MR) is 72.1 cm³/mol. The van der Waals surface area contributed by atoms with Crippen LogP contribution in [0.25, 0.3) is 0 Å². The molecule has 1 aromatic rings. The fourth-order valence-electron chi connectivity index (χ4n) is 1.60. The molecule has 2 N–H and O–H groups in total. The summed E-state index contributed by atoms with van der Waals surface area (Å²) >= 11 is 6.23. The Hall–Kier alpha value is -1.24. The zero-order valence-corrected chi connectivity index (χ0v) is 11.2. The Morgan fingerprint density at radius 2 is 2.12 bits per heavy atom. The topological polar surface area (TPSA) is 53.0 Å². The summed E-state index contributed by atoms with van der Waals surface area (Å²) in [7, 11) is 1.94. The van der Waals surface area contributed by atoms with Crippen LogP contribution in [-0.4, -0.2) is 13.1 Å². The second-order valence-corrected chi connectivity index (χ2v) is 4.73. The minimum Gasteiger partial charge on any atom is -0.370 e. The Kier molecular flexibility index (Phi) is 4.80. The molecule has 1 unspecified atom stereocenters. The van der Waals surface area contributed by atoms with E-state index >= 15 is 0 Å². The third-order valence-corrected chi connectivity index (χ3v) is 3.23. The molecule has 0 aliphatic heterocycles. The molecule has 0 saturated heterocycles. The van der Waals surface area contributed by atoms with Gasteiger partial charge in [-0.1, -0.05) is 17.7 Å². The maximum Gasteiger partial charge on any atom is 0.0643 e. The van der Waals surface area contributed by atoms with Crippen LogP contribution in [0.2, 0.25) is 5.02 Å². The van der Waals surface area contributed by atoms with Gasteiger partial charge in [-0.2, -0.15) is 5.26 Å².